The van der Waals surface area contributed by atoms with E-state index in [0.717, 1.165) is 11.6 Å². The third-order valence-corrected chi connectivity index (χ3v) is 4.25. The van der Waals surface area contributed by atoms with Crippen molar-refractivity contribution in [2.75, 3.05) is 20.8 Å². The van der Waals surface area contributed by atoms with Crippen molar-refractivity contribution in [3.63, 3.8) is 0 Å². The minimum absolute atomic E-state index is 0.383. The van der Waals surface area contributed by atoms with E-state index in [4.69, 9.17) is 13.3 Å². The zero-order valence-corrected chi connectivity index (χ0v) is 13.4. The number of hydrogen-bond acceptors (Lipinski definition) is 3. The van der Waals surface area contributed by atoms with Crippen molar-refractivity contribution in [1.82, 2.24) is 0 Å². The molecular formula is C16H17F2O3Si. The van der Waals surface area contributed by atoms with E-state index in [1.165, 1.54) is 12.1 Å². The predicted molar refractivity (Wildman–Crippen MR) is 81.2 cm³/mol. The maximum atomic E-state index is 13.7. The molecule has 0 aliphatic rings. The van der Waals surface area contributed by atoms with E-state index >= 15 is 0 Å². The molecule has 0 unspecified atom stereocenters. The summed E-state index contributed by atoms with van der Waals surface area (Å²) in [4.78, 5) is 0. The third-order valence-electron chi connectivity index (χ3n) is 3.14. The molecule has 0 atom stereocenters. The molecule has 22 heavy (non-hydrogen) atoms. The van der Waals surface area contributed by atoms with E-state index in [0.29, 0.717) is 24.2 Å². The molecule has 1 radical (unpaired) electrons. The molecule has 0 aromatic heterocycles. The Bertz CT molecular complexity index is 601. The summed E-state index contributed by atoms with van der Waals surface area (Å²) in [5.74, 6) is -1.15. The van der Waals surface area contributed by atoms with Crippen molar-refractivity contribution in [3.8, 4) is 11.1 Å². The van der Waals surface area contributed by atoms with Gasteiger partial charge in [-0.1, -0.05) is 24.3 Å². The fourth-order valence-corrected chi connectivity index (χ4v) is 2.70. The molecular weight excluding hydrogens is 306 g/mol. The lowest BCUT2D eigenvalue weighted by Gasteiger charge is -2.10. The van der Waals surface area contributed by atoms with E-state index in [9.17, 15) is 8.78 Å². The van der Waals surface area contributed by atoms with E-state index in [-0.39, 0.29) is 0 Å². The predicted octanol–water partition coefficient (Wildman–Crippen LogP) is 3.47. The van der Waals surface area contributed by atoms with E-state index in [1.807, 2.05) is 24.3 Å². The molecule has 0 heterocycles. The molecule has 0 spiro atoms. The van der Waals surface area contributed by atoms with Gasteiger partial charge in [-0.3, -0.25) is 0 Å². The van der Waals surface area contributed by atoms with E-state index in [2.05, 4.69) is 0 Å². The summed E-state index contributed by atoms with van der Waals surface area (Å²) >= 11 is 0. The monoisotopic (exact) mass is 323 g/mol. The summed E-state index contributed by atoms with van der Waals surface area (Å²) in [5.41, 5.74) is 2.15. The summed E-state index contributed by atoms with van der Waals surface area (Å²) in [5, 5.41) is 0. The van der Waals surface area contributed by atoms with Crippen molar-refractivity contribution in [3.05, 3.63) is 59.7 Å². The van der Waals surface area contributed by atoms with Gasteiger partial charge in [0.2, 0.25) is 0 Å². The number of benzene rings is 2. The molecule has 2 aromatic rings. The highest BCUT2D eigenvalue weighted by Crippen LogP contribution is 2.23. The average molecular weight is 323 g/mol. The van der Waals surface area contributed by atoms with Crippen LogP contribution in [0.5, 0.6) is 0 Å². The maximum absolute atomic E-state index is 13.7. The Morgan fingerprint density at radius 1 is 0.955 bits per heavy atom. The molecule has 117 valence electrons. The van der Waals surface area contributed by atoms with Gasteiger partial charge in [-0.15, -0.1) is 0 Å². The number of halogens is 2. The summed E-state index contributed by atoms with van der Waals surface area (Å²) in [6.07, 6.45) is 0.701. The Hall–Kier alpha value is -1.60. The third kappa shape index (κ3) is 4.44. The molecule has 2 rings (SSSR count). The summed E-state index contributed by atoms with van der Waals surface area (Å²) < 4.78 is 42.1. The SMILES string of the molecule is CO[Si](OC)OCCc1ccc(-c2ccc(F)cc2F)cc1. The molecule has 6 heteroatoms. The first-order valence-corrected chi connectivity index (χ1v) is 7.98. The van der Waals surface area contributed by atoms with Gasteiger partial charge < -0.3 is 13.3 Å². The molecule has 0 saturated heterocycles. The fourth-order valence-electron chi connectivity index (χ4n) is 2.03. The smallest absolute Gasteiger partial charge is 0.375 e. The van der Waals surface area contributed by atoms with Gasteiger partial charge in [0.25, 0.3) is 0 Å². The van der Waals surface area contributed by atoms with Crippen molar-refractivity contribution >= 4 is 9.53 Å². The van der Waals surface area contributed by atoms with E-state index < -0.39 is 21.2 Å². The van der Waals surface area contributed by atoms with Crippen LogP contribution in [0.4, 0.5) is 8.78 Å². The Kier molecular flexibility index (Phi) is 6.20. The van der Waals surface area contributed by atoms with Crippen LogP contribution in [0, 0.1) is 11.6 Å². The topological polar surface area (TPSA) is 27.7 Å². The Morgan fingerprint density at radius 3 is 2.23 bits per heavy atom. The molecule has 0 amide bonds. The van der Waals surface area contributed by atoms with Gasteiger partial charge >= 0.3 is 9.53 Å². The molecule has 0 bridgehead atoms. The summed E-state index contributed by atoms with van der Waals surface area (Å²) in [7, 11) is 1.45. The van der Waals surface area contributed by atoms with Crippen LogP contribution < -0.4 is 0 Å². The zero-order chi connectivity index (χ0) is 15.9. The van der Waals surface area contributed by atoms with Gasteiger partial charge in [0.1, 0.15) is 11.6 Å². The Balaban J connectivity index is 1.98. The molecule has 3 nitrogen and oxygen atoms in total. The van der Waals surface area contributed by atoms with Gasteiger partial charge in [0, 0.05) is 32.5 Å². The summed E-state index contributed by atoms with van der Waals surface area (Å²) in [6.45, 7) is 0.486. The highest BCUT2D eigenvalue weighted by atomic mass is 28.3. The van der Waals surface area contributed by atoms with Crippen LogP contribution in [0.1, 0.15) is 5.56 Å². The van der Waals surface area contributed by atoms with Crippen LogP contribution in [-0.2, 0) is 19.7 Å². The fraction of sp³-hybridized carbons (Fsp3) is 0.250. The summed E-state index contributed by atoms with van der Waals surface area (Å²) in [6, 6.07) is 11.0. The van der Waals surface area contributed by atoms with Crippen LogP contribution in [-0.4, -0.2) is 30.4 Å². The minimum atomic E-state index is -1.64. The van der Waals surface area contributed by atoms with Crippen LogP contribution in [0.3, 0.4) is 0 Å². The van der Waals surface area contributed by atoms with Crippen LogP contribution in [0.2, 0.25) is 0 Å². The van der Waals surface area contributed by atoms with Crippen molar-refractivity contribution in [2.45, 2.75) is 6.42 Å². The lowest BCUT2D eigenvalue weighted by Crippen LogP contribution is -2.24. The van der Waals surface area contributed by atoms with E-state index in [1.54, 1.807) is 14.2 Å². The molecule has 0 aliphatic heterocycles. The second-order valence-corrected chi connectivity index (χ2v) is 6.18. The van der Waals surface area contributed by atoms with Crippen molar-refractivity contribution < 1.29 is 22.1 Å². The largest absolute Gasteiger partial charge is 0.577 e. The van der Waals surface area contributed by atoms with Crippen LogP contribution in [0.15, 0.2) is 42.5 Å². The Labute approximate surface area is 130 Å². The van der Waals surface area contributed by atoms with Crippen molar-refractivity contribution in [2.24, 2.45) is 0 Å². The highest BCUT2D eigenvalue weighted by molar-refractivity contribution is 6.36. The lowest BCUT2D eigenvalue weighted by atomic mass is 10.0. The molecule has 0 fully saturated rings. The van der Waals surface area contributed by atoms with Gasteiger partial charge in [-0.25, -0.2) is 8.78 Å². The van der Waals surface area contributed by atoms with Gasteiger partial charge in [0.05, 0.1) is 0 Å². The van der Waals surface area contributed by atoms with Gasteiger partial charge in [-0.2, -0.15) is 0 Å². The second-order valence-electron chi connectivity index (χ2n) is 4.58. The standard InChI is InChI=1S/C16H17F2O3Si/c1-19-22(20-2)21-10-9-12-3-5-13(6-4-12)15-8-7-14(17)11-16(15)18/h3-8,11H,9-10H2,1-2H3. The van der Waals surface area contributed by atoms with Crippen LogP contribution >= 0.6 is 0 Å². The first kappa shape index (κ1) is 16.8. The highest BCUT2D eigenvalue weighted by Gasteiger charge is 2.14. The van der Waals surface area contributed by atoms with Gasteiger partial charge in [-0.05, 0) is 29.7 Å². The van der Waals surface area contributed by atoms with Crippen LogP contribution in [0.25, 0.3) is 11.1 Å². The minimum Gasteiger partial charge on any atom is -0.375 e. The molecule has 0 aliphatic carbocycles. The molecule has 2 aromatic carbocycles. The molecule has 0 saturated carbocycles. The maximum Gasteiger partial charge on any atom is 0.577 e. The quantitative estimate of drug-likeness (QED) is 0.730. The number of hydrogen-bond donors (Lipinski definition) is 0. The lowest BCUT2D eigenvalue weighted by molar-refractivity contribution is 0.137. The zero-order valence-electron chi connectivity index (χ0n) is 12.4. The second kappa shape index (κ2) is 8.14. The average Bonchev–Trinajstić information content (AvgIpc) is 2.52. The molecule has 0 N–H and O–H groups in total. The van der Waals surface area contributed by atoms with Crippen molar-refractivity contribution in [1.29, 1.82) is 0 Å². The first-order valence-electron chi connectivity index (χ1n) is 6.76. The number of rotatable bonds is 7. The van der Waals surface area contributed by atoms with Gasteiger partial charge in [0.15, 0.2) is 0 Å². The Morgan fingerprint density at radius 2 is 1.64 bits per heavy atom. The normalized spacial score (nSPS) is 11.1. The first-order chi connectivity index (χ1) is 10.6.